The van der Waals surface area contributed by atoms with E-state index in [-0.39, 0.29) is 12.0 Å². The first-order chi connectivity index (χ1) is 6.22. The van der Waals surface area contributed by atoms with Gasteiger partial charge in [0.2, 0.25) is 0 Å². The van der Waals surface area contributed by atoms with Gasteiger partial charge in [-0.15, -0.1) is 0 Å². The minimum Gasteiger partial charge on any atom is -0.328 e. The van der Waals surface area contributed by atoms with Crippen molar-refractivity contribution >= 4 is 0 Å². The summed E-state index contributed by atoms with van der Waals surface area (Å²) in [6.45, 7) is 5.81. The van der Waals surface area contributed by atoms with Crippen LogP contribution in [0.25, 0.3) is 0 Å². The molecule has 0 aromatic heterocycles. The SMILES string of the molecule is CC(CC(F)(F)F)NCC(C)C(C)N. The molecule has 0 saturated heterocycles. The van der Waals surface area contributed by atoms with Crippen LogP contribution in [0.1, 0.15) is 27.2 Å². The van der Waals surface area contributed by atoms with Gasteiger partial charge in [0.1, 0.15) is 0 Å². The van der Waals surface area contributed by atoms with Crippen LogP contribution < -0.4 is 11.1 Å². The lowest BCUT2D eigenvalue weighted by Crippen LogP contribution is -2.38. The summed E-state index contributed by atoms with van der Waals surface area (Å²) < 4.78 is 35.8. The second kappa shape index (κ2) is 5.56. The molecule has 0 bridgehead atoms. The van der Waals surface area contributed by atoms with Crippen molar-refractivity contribution < 1.29 is 13.2 Å². The van der Waals surface area contributed by atoms with Crippen molar-refractivity contribution in [3.63, 3.8) is 0 Å². The van der Waals surface area contributed by atoms with Gasteiger partial charge in [-0.2, -0.15) is 13.2 Å². The summed E-state index contributed by atoms with van der Waals surface area (Å²) in [6.07, 6.45) is -4.89. The van der Waals surface area contributed by atoms with Gasteiger partial charge in [0, 0.05) is 12.1 Å². The summed E-state index contributed by atoms with van der Waals surface area (Å²) >= 11 is 0. The molecule has 0 heterocycles. The average molecular weight is 212 g/mol. The number of hydrogen-bond donors (Lipinski definition) is 2. The molecule has 0 aromatic rings. The molecule has 3 atom stereocenters. The topological polar surface area (TPSA) is 38.0 Å². The Morgan fingerprint density at radius 1 is 1.21 bits per heavy atom. The first kappa shape index (κ1) is 13.7. The van der Waals surface area contributed by atoms with E-state index in [4.69, 9.17) is 5.73 Å². The average Bonchev–Trinajstić information content (AvgIpc) is 1.96. The Hall–Kier alpha value is -0.290. The lowest BCUT2D eigenvalue weighted by molar-refractivity contribution is -0.139. The highest BCUT2D eigenvalue weighted by molar-refractivity contribution is 4.71. The summed E-state index contributed by atoms with van der Waals surface area (Å²) in [4.78, 5) is 0. The van der Waals surface area contributed by atoms with Crippen LogP contribution >= 0.6 is 0 Å². The number of nitrogens with two attached hydrogens (primary N) is 1. The lowest BCUT2D eigenvalue weighted by atomic mass is 10.0. The van der Waals surface area contributed by atoms with Gasteiger partial charge in [-0.25, -0.2) is 0 Å². The number of rotatable bonds is 5. The molecule has 0 aliphatic rings. The molecule has 0 saturated carbocycles. The first-order valence-corrected chi connectivity index (χ1v) is 4.78. The van der Waals surface area contributed by atoms with Crippen LogP contribution in [0.4, 0.5) is 13.2 Å². The van der Waals surface area contributed by atoms with Gasteiger partial charge in [0.05, 0.1) is 6.42 Å². The number of halogens is 3. The van der Waals surface area contributed by atoms with E-state index in [1.165, 1.54) is 6.92 Å². The normalized spacial score (nSPS) is 19.1. The van der Waals surface area contributed by atoms with Gasteiger partial charge in [-0.05, 0) is 26.3 Å². The highest BCUT2D eigenvalue weighted by atomic mass is 19.4. The van der Waals surface area contributed by atoms with Crippen LogP contribution in [-0.4, -0.2) is 24.8 Å². The fourth-order valence-electron chi connectivity index (χ4n) is 0.992. The molecule has 0 aliphatic heterocycles. The molecule has 0 spiro atoms. The molecule has 0 radical (unpaired) electrons. The van der Waals surface area contributed by atoms with E-state index in [9.17, 15) is 13.2 Å². The van der Waals surface area contributed by atoms with Gasteiger partial charge in [0.25, 0.3) is 0 Å². The molecule has 0 fully saturated rings. The zero-order valence-corrected chi connectivity index (χ0v) is 8.86. The van der Waals surface area contributed by atoms with Gasteiger partial charge < -0.3 is 11.1 Å². The zero-order chi connectivity index (χ0) is 11.4. The van der Waals surface area contributed by atoms with Crippen LogP contribution in [0.15, 0.2) is 0 Å². The number of alkyl halides is 3. The maximum atomic E-state index is 11.9. The van der Waals surface area contributed by atoms with E-state index in [1.54, 1.807) is 0 Å². The third-order valence-electron chi connectivity index (χ3n) is 2.22. The summed E-state index contributed by atoms with van der Waals surface area (Å²) in [6, 6.07) is -0.545. The molecule has 2 nitrogen and oxygen atoms in total. The van der Waals surface area contributed by atoms with E-state index < -0.39 is 18.6 Å². The van der Waals surface area contributed by atoms with Crippen molar-refractivity contribution in [1.29, 1.82) is 0 Å². The first-order valence-electron chi connectivity index (χ1n) is 4.78. The molecular formula is C9H19F3N2. The summed E-state index contributed by atoms with van der Waals surface area (Å²) in [5.74, 6) is 0.186. The molecular weight excluding hydrogens is 193 g/mol. The largest absolute Gasteiger partial charge is 0.390 e. The minimum absolute atomic E-state index is 0.000543. The highest BCUT2D eigenvalue weighted by Crippen LogP contribution is 2.21. The Balaban J connectivity index is 3.69. The van der Waals surface area contributed by atoms with Crippen LogP contribution in [0.3, 0.4) is 0 Å². The molecule has 0 aromatic carbocycles. The molecule has 3 N–H and O–H groups in total. The minimum atomic E-state index is -4.09. The predicted molar refractivity (Wildman–Crippen MR) is 51.0 cm³/mol. The maximum Gasteiger partial charge on any atom is 0.390 e. The lowest BCUT2D eigenvalue weighted by Gasteiger charge is -2.20. The van der Waals surface area contributed by atoms with Crippen molar-refractivity contribution in [3.05, 3.63) is 0 Å². The smallest absolute Gasteiger partial charge is 0.328 e. The molecule has 3 unspecified atom stereocenters. The molecule has 14 heavy (non-hydrogen) atoms. The summed E-state index contributed by atoms with van der Waals surface area (Å²) in [5.41, 5.74) is 5.59. The van der Waals surface area contributed by atoms with Gasteiger partial charge in [0.15, 0.2) is 0 Å². The van der Waals surface area contributed by atoms with Gasteiger partial charge in [-0.1, -0.05) is 6.92 Å². The van der Waals surface area contributed by atoms with Crippen molar-refractivity contribution in [2.75, 3.05) is 6.54 Å². The fraction of sp³-hybridized carbons (Fsp3) is 1.00. The van der Waals surface area contributed by atoms with Gasteiger partial charge >= 0.3 is 6.18 Å². The number of hydrogen-bond acceptors (Lipinski definition) is 2. The van der Waals surface area contributed by atoms with Crippen LogP contribution in [0.2, 0.25) is 0 Å². The van der Waals surface area contributed by atoms with E-state index in [2.05, 4.69) is 5.32 Å². The summed E-state index contributed by atoms with van der Waals surface area (Å²) in [7, 11) is 0. The second-order valence-corrected chi connectivity index (χ2v) is 3.96. The Labute approximate surface area is 83.0 Å². The Morgan fingerprint density at radius 3 is 2.07 bits per heavy atom. The fourth-order valence-corrected chi connectivity index (χ4v) is 0.992. The van der Waals surface area contributed by atoms with Gasteiger partial charge in [-0.3, -0.25) is 0 Å². The molecule has 5 heteroatoms. The van der Waals surface area contributed by atoms with Crippen molar-refractivity contribution in [1.82, 2.24) is 5.32 Å². The highest BCUT2D eigenvalue weighted by Gasteiger charge is 2.29. The number of nitrogens with one attached hydrogen (secondary N) is 1. The molecule has 0 rings (SSSR count). The van der Waals surface area contributed by atoms with Crippen LogP contribution in [0.5, 0.6) is 0 Å². The third-order valence-corrected chi connectivity index (χ3v) is 2.22. The van der Waals surface area contributed by atoms with Crippen LogP contribution in [-0.2, 0) is 0 Å². The summed E-state index contributed by atoms with van der Waals surface area (Å²) in [5, 5.41) is 2.82. The zero-order valence-electron chi connectivity index (χ0n) is 8.86. The standard InChI is InChI=1S/C9H19F3N2/c1-6(8(3)13)5-14-7(2)4-9(10,11)12/h6-8,14H,4-5,13H2,1-3H3. The molecule has 0 amide bonds. The Bertz CT molecular complexity index is 157. The van der Waals surface area contributed by atoms with Crippen molar-refractivity contribution in [3.8, 4) is 0 Å². The second-order valence-electron chi connectivity index (χ2n) is 3.96. The molecule has 86 valence electrons. The van der Waals surface area contributed by atoms with E-state index in [1.807, 2.05) is 13.8 Å². The van der Waals surface area contributed by atoms with E-state index in [0.29, 0.717) is 6.54 Å². The third kappa shape index (κ3) is 7.15. The quantitative estimate of drug-likeness (QED) is 0.730. The monoisotopic (exact) mass is 212 g/mol. The Morgan fingerprint density at radius 2 is 1.71 bits per heavy atom. The maximum absolute atomic E-state index is 11.9. The predicted octanol–water partition coefficient (Wildman–Crippen LogP) is 1.90. The Kier molecular flexibility index (Phi) is 5.44. The van der Waals surface area contributed by atoms with Crippen molar-refractivity contribution in [2.24, 2.45) is 11.7 Å². The van der Waals surface area contributed by atoms with Crippen LogP contribution in [0, 0.1) is 5.92 Å². The van der Waals surface area contributed by atoms with E-state index in [0.717, 1.165) is 0 Å². The van der Waals surface area contributed by atoms with Crippen molar-refractivity contribution in [2.45, 2.75) is 45.5 Å². The molecule has 0 aliphatic carbocycles. The van der Waals surface area contributed by atoms with E-state index >= 15 is 0 Å².